The van der Waals surface area contributed by atoms with Gasteiger partial charge in [0.1, 0.15) is 0 Å². The van der Waals surface area contributed by atoms with Gasteiger partial charge in [-0.3, -0.25) is 9.59 Å². The molecule has 0 aliphatic carbocycles. The second-order valence-corrected chi connectivity index (χ2v) is 5.33. The first-order valence-electron chi connectivity index (χ1n) is 7.69. The summed E-state index contributed by atoms with van der Waals surface area (Å²) in [5.41, 5.74) is 1.69. The van der Waals surface area contributed by atoms with Crippen molar-refractivity contribution in [3.05, 3.63) is 35.4 Å². The lowest BCUT2D eigenvalue weighted by atomic mass is 9.93. The van der Waals surface area contributed by atoms with Crippen molar-refractivity contribution in [1.29, 1.82) is 0 Å². The fourth-order valence-electron chi connectivity index (χ4n) is 2.42. The number of rotatable bonds is 10. The van der Waals surface area contributed by atoms with Gasteiger partial charge in [-0.05, 0) is 18.5 Å². The minimum Gasteiger partial charge on any atom is -0.481 e. The smallest absolute Gasteiger partial charge is 0.304 e. The number of hydrogen-bond donors (Lipinski definition) is 2. The second kappa shape index (κ2) is 9.33. The van der Waals surface area contributed by atoms with Crippen LogP contribution in [0.15, 0.2) is 24.3 Å². The van der Waals surface area contributed by atoms with Gasteiger partial charge in [0.05, 0.1) is 13.0 Å². The third-order valence-electron chi connectivity index (χ3n) is 3.78. The highest BCUT2D eigenvalue weighted by Gasteiger charge is 2.25. The average Bonchev–Trinajstić information content (AvgIpc) is 2.52. The zero-order valence-electron chi connectivity index (χ0n) is 13.3. The van der Waals surface area contributed by atoms with Gasteiger partial charge in [0.25, 0.3) is 0 Å². The molecule has 0 aromatic heterocycles. The molecule has 0 aliphatic heterocycles. The van der Waals surface area contributed by atoms with E-state index >= 15 is 0 Å². The zero-order valence-corrected chi connectivity index (χ0v) is 13.3. The first-order valence-corrected chi connectivity index (χ1v) is 7.69. The van der Waals surface area contributed by atoms with Crippen LogP contribution in [-0.4, -0.2) is 53.1 Å². The number of carbonyl (C=O) groups is 2. The lowest BCUT2D eigenvalue weighted by Gasteiger charge is -2.24. The van der Waals surface area contributed by atoms with E-state index in [0.29, 0.717) is 25.2 Å². The van der Waals surface area contributed by atoms with E-state index in [4.69, 9.17) is 10.2 Å². The lowest BCUT2D eigenvalue weighted by molar-refractivity contribution is -0.137. The Morgan fingerprint density at radius 1 is 1.18 bits per heavy atom. The monoisotopic (exact) mass is 307 g/mol. The quantitative estimate of drug-likeness (QED) is 0.645. The standard InChI is InChI=1S/C17H25NO4/c1-3-13-5-7-14(8-6-13)17(22)15(11-16(20)21)12-18(4-2)9-10-19/h5-8,15,19H,3-4,9-12H2,1-2H3,(H,20,21). The van der Waals surface area contributed by atoms with E-state index in [9.17, 15) is 9.59 Å². The summed E-state index contributed by atoms with van der Waals surface area (Å²) in [5, 5.41) is 18.1. The van der Waals surface area contributed by atoms with Gasteiger partial charge in [-0.15, -0.1) is 0 Å². The highest BCUT2D eigenvalue weighted by molar-refractivity contribution is 5.99. The van der Waals surface area contributed by atoms with E-state index in [1.54, 1.807) is 12.1 Å². The van der Waals surface area contributed by atoms with Gasteiger partial charge in [0.2, 0.25) is 0 Å². The Labute approximate surface area is 131 Å². The van der Waals surface area contributed by atoms with E-state index in [1.165, 1.54) is 0 Å². The molecule has 2 N–H and O–H groups in total. The van der Waals surface area contributed by atoms with Crippen LogP contribution < -0.4 is 0 Å². The van der Waals surface area contributed by atoms with Crippen molar-refractivity contribution in [1.82, 2.24) is 4.90 Å². The maximum Gasteiger partial charge on any atom is 0.304 e. The minimum atomic E-state index is -0.983. The zero-order chi connectivity index (χ0) is 16.5. The van der Waals surface area contributed by atoms with E-state index in [-0.39, 0.29) is 18.8 Å². The van der Waals surface area contributed by atoms with Crippen LogP contribution in [0.25, 0.3) is 0 Å². The normalized spacial score (nSPS) is 12.4. The van der Waals surface area contributed by atoms with Crippen LogP contribution >= 0.6 is 0 Å². The van der Waals surface area contributed by atoms with Gasteiger partial charge >= 0.3 is 5.97 Å². The number of likely N-dealkylation sites (N-methyl/N-ethyl adjacent to an activating group) is 1. The molecular formula is C17H25NO4. The first kappa shape index (κ1) is 18.3. The van der Waals surface area contributed by atoms with Gasteiger partial charge in [-0.25, -0.2) is 0 Å². The highest BCUT2D eigenvalue weighted by atomic mass is 16.4. The number of benzene rings is 1. The second-order valence-electron chi connectivity index (χ2n) is 5.33. The first-order chi connectivity index (χ1) is 10.5. The molecule has 122 valence electrons. The SMILES string of the molecule is CCc1ccc(C(=O)C(CC(=O)O)CN(CC)CCO)cc1. The van der Waals surface area contributed by atoms with Crippen molar-refractivity contribution in [3.8, 4) is 0 Å². The van der Waals surface area contributed by atoms with Crippen molar-refractivity contribution in [2.45, 2.75) is 26.7 Å². The Morgan fingerprint density at radius 2 is 1.82 bits per heavy atom. The Balaban J connectivity index is 2.88. The van der Waals surface area contributed by atoms with Crippen molar-refractivity contribution in [2.24, 2.45) is 5.92 Å². The number of ketones is 1. The topological polar surface area (TPSA) is 77.8 Å². The number of aryl methyl sites for hydroxylation is 1. The number of Topliss-reactive ketones (excluding diaryl/α,β-unsaturated/α-hetero) is 1. The largest absolute Gasteiger partial charge is 0.481 e. The van der Waals surface area contributed by atoms with Crippen LogP contribution in [-0.2, 0) is 11.2 Å². The molecule has 0 radical (unpaired) electrons. The number of carbonyl (C=O) groups excluding carboxylic acids is 1. The van der Waals surface area contributed by atoms with Crippen LogP contribution in [0, 0.1) is 5.92 Å². The summed E-state index contributed by atoms with van der Waals surface area (Å²) in [6, 6.07) is 7.32. The van der Waals surface area contributed by atoms with Gasteiger partial charge in [0.15, 0.2) is 5.78 Å². The molecule has 1 aromatic carbocycles. The molecule has 5 nitrogen and oxygen atoms in total. The fourth-order valence-corrected chi connectivity index (χ4v) is 2.42. The Bertz CT molecular complexity index is 484. The molecular weight excluding hydrogens is 282 g/mol. The summed E-state index contributed by atoms with van der Waals surface area (Å²) >= 11 is 0. The molecule has 1 atom stereocenters. The van der Waals surface area contributed by atoms with Gasteiger partial charge in [-0.1, -0.05) is 38.1 Å². The van der Waals surface area contributed by atoms with E-state index in [0.717, 1.165) is 12.0 Å². The third-order valence-corrected chi connectivity index (χ3v) is 3.78. The summed E-state index contributed by atoms with van der Waals surface area (Å²) < 4.78 is 0. The molecule has 1 unspecified atom stereocenters. The Hall–Kier alpha value is -1.72. The molecule has 0 saturated carbocycles. The maximum atomic E-state index is 12.6. The summed E-state index contributed by atoms with van der Waals surface area (Å²) in [7, 11) is 0. The molecule has 1 aromatic rings. The number of aliphatic hydroxyl groups excluding tert-OH is 1. The fraction of sp³-hybridized carbons (Fsp3) is 0.529. The predicted molar refractivity (Wildman–Crippen MR) is 85.1 cm³/mol. The van der Waals surface area contributed by atoms with Crippen molar-refractivity contribution in [2.75, 3.05) is 26.2 Å². The van der Waals surface area contributed by atoms with Crippen LogP contribution in [0.3, 0.4) is 0 Å². The molecule has 1 rings (SSSR count). The minimum absolute atomic E-state index is 0.00693. The van der Waals surface area contributed by atoms with Gasteiger partial charge < -0.3 is 15.1 Å². The van der Waals surface area contributed by atoms with Crippen LogP contribution in [0.2, 0.25) is 0 Å². The Kier molecular flexibility index (Phi) is 7.77. The molecule has 0 saturated heterocycles. The van der Waals surface area contributed by atoms with E-state index < -0.39 is 11.9 Å². The third kappa shape index (κ3) is 5.58. The van der Waals surface area contributed by atoms with Crippen LogP contribution in [0.5, 0.6) is 0 Å². The summed E-state index contributed by atoms with van der Waals surface area (Å²) in [6.45, 7) is 5.41. The van der Waals surface area contributed by atoms with Gasteiger partial charge in [-0.2, -0.15) is 0 Å². The highest BCUT2D eigenvalue weighted by Crippen LogP contribution is 2.16. The summed E-state index contributed by atoms with van der Waals surface area (Å²) in [6.07, 6.45) is 0.698. The number of carboxylic acids is 1. The molecule has 5 heteroatoms. The molecule has 22 heavy (non-hydrogen) atoms. The maximum absolute atomic E-state index is 12.6. The predicted octanol–water partition coefficient (Wildman–Crippen LogP) is 1.84. The van der Waals surface area contributed by atoms with Crippen molar-refractivity contribution in [3.63, 3.8) is 0 Å². The van der Waals surface area contributed by atoms with Gasteiger partial charge in [0, 0.05) is 24.6 Å². The summed E-state index contributed by atoms with van der Waals surface area (Å²) in [4.78, 5) is 25.5. The number of nitrogens with zero attached hydrogens (tertiary/aromatic N) is 1. The van der Waals surface area contributed by atoms with Crippen LogP contribution in [0.4, 0.5) is 0 Å². The molecule has 0 amide bonds. The molecule has 0 fully saturated rings. The summed E-state index contributed by atoms with van der Waals surface area (Å²) in [5.74, 6) is -1.73. The van der Waals surface area contributed by atoms with E-state index in [1.807, 2.05) is 30.9 Å². The van der Waals surface area contributed by atoms with E-state index in [2.05, 4.69) is 0 Å². The lowest BCUT2D eigenvalue weighted by Crippen LogP contribution is -2.36. The number of aliphatic hydroxyl groups is 1. The Morgan fingerprint density at radius 3 is 2.27 bits per heavy atom. The molecule has 0 aliphatic rings. The van der Waals surface area contributed by atoms with Crippen molar-refractivity contribution < 1.29 is 19.8 Å². The number of carboxylic acid groups (broad SMARTS) is 1. The number of hydrogen-bond acceptors (Lipinski definition) is 4. The van der Waals surface area contributed by atoms with Crippen molar-refractivity contribution >= 4 is 11.8 Å². The average molecular weight is 307 g/mol. The van der Waals surface area contributed by atoms with Crippen LogP contribution in [0.1, 0.15) is 36.2 Å². The molecule has 0 heterocycles. The number of aliphatic carboxylic acids is 1. The molecule has 0 spiro atoms. The molecule has 0 bridgehead atoms.